The molecule has 0 aliphatic carbocycles. The average molecular weight is 235 g/mol. The number of aryl methyl sites for hydroxylation is 1. The Morgan fingerprint density at radius 1 is 1.35 bits per heavy atom. The van der Waals surface area contributed by atoms with Crippen LogP contribution < -0.4 is 0 Å². The van der Waals surface area contributed by atoms with E-state index in [0.29, 0.717) is 0 Å². The van der Waals surface area contributed by atoms with E-state index in [-0.39, 0.29) is 11.5 Å². The van der Waals surface area contributed by atoms with Crippen molar-refractivity contribution in [2.45, 2.75) is 26.7 Å². The monoisotopic (exact) mass is 235 g/mol. The predicted molar refractivity (Wildman–Crippen MR) is 65.6 cm³/mol. The van der Waals surface area contributed by atoms with E-state index in [1.54, 1.807) is 13.8 Å². The Bertz CT molecular complexity index is 409. The minimum atomic E-state index is -0.734. The molecular formula is C13H17NO3. The molecule has 0 N–H and O–H groups in total. The molecule has 0 aliphatic rings. The van der Waals surface area contributed by atoms with Crippen LogP contribution in [0.1, 0.15) is 30.9 Å². The predicted octanol–water partition coefficient (Wildman–Crippen LogP) is 2.58. The second kappa shape index (κ2) is 5.08. The van der Waals surface area contributed by atoms with E-state index in [1.807, 2.05) is 31.2 Å². The fourth-order valence-corrected chi connectivity index (χ4v) is 1.80. The van der Waals surface area contributed by atoms with E-state index in [1.165, 1.54) is 0 Å². The van der Waals surface area contributed by atoms with Crippen LogP contribution in [0.3, 0.4) is 0 Å². The lowest BCUT2D eigenvalue weighted by Gasteiger charge is -2.26. The van der Waals surface area contributed by atoms with Crippen LogP contribution in [0, 0.1) is 22.5 Å². The minimum Gasteiger partial charge on any atom is -0.303 e. The Balaban J connectivity index is 3.10. The molecule has 1 aromatic rings. The van der Waals surface area contributed by atoms with Gasteiger partial charge in [-0.15, -0.1) is 0 Å². The average Bonchev–Trinajstić information content (AvgIpc) is 2.27. The minimum absolute atomic E-state index is 0.227. The van der Waals surface area contributed by atoms with Crippen molar-refractivity contribution in [3.05, 3.63) is 45.5 Å². The summed E-state index contributed by atoms with van der Waals surface area (Å²) in [7, 11) is 0. The summed E-state index contributed by atoms with van der Waals surface area (Å²) in [6, 6.07) is 7.52. The van der Waals surface area contributed by atoms with E-state index in [0.717, 1.165) is 17.4 Å². The number of hydrogen-bond acceptors (Lipinski definition) is 3. The molecule has 4 nitrogen and oxygen atoms in total. The molecular weight excluding hydrogens is 218 g/mol. The quantitative estimate of drug-likeness (QED) is 0.447. The zero-order chi connectivity index (χ0) is 13.1. The topological polar surface area (TPSA) is 60.2 Å². The van der Waals surface area contributed by atoms with Crippen LogP contribution >= 0.6 is 0 Å². The standard InChI is InChI=1S/C13H17NO3/c1-10-4-6-11(7-5-10)12(8-14(16)17)13(2,3)9-15/h4-7,9,12H,8H2,1-3H3/t12-/m1/s1. The summed E-state index contributed by atoms with van der Waals surface area (Å²) in [5.74, 6) is -0.393. The van der Waals surface area contributed by atoms with Crippen LogP contribution in [0.25, 0.3) is 0 Å². The molecule has 0 radical (unpaired) electrons. The first-order valence-electron chi connectivity index (χ1n) is 5.51. The van der Waals surface area contributed by atoms with E-state index in [2.05, 4.69) is 0 Å². The van der Waals surface area contributed by atoms with Gasteiger partial charge in [0.25, 0.3) is 0 Å². The Morgan fingerprint density at radius 3 is 2.29 bits per heavy atom. The highest BCUT2D eigenvalue weighted by molar-refractivity contribution is 5.60. The smallest absolute Gasteiger partial charge is 0.211 e. The third-order valence-corrected chi connectivity index (χ3v) is 3.01. The van der Waals surface area contributed by atoms with Gasteiger partial charge in [0.05, 0.1) is 5.92 Å². The van der Waals surface area contributed by atoms with E-state index in [4.69, 9.17) is 0 Å². The number of benzene rings is 1. The van der Waals surface area contributed by atoms with Crippen molar-refractivity contribution in [3.8, 4) is 0 Å². The summed E-state index contributed by atoms with van der Waals surface area (Å²) in [6.45, 7) is 5.19. The lowest BCUT2D eigenvalue weighted by molar-refractivity contribution is -0.485. The van der Waals surface area contributed by atoms with Crippen LogP contribution in [-0.4, -0.2) is 17.8 Å². The molecule has 0 saturated heterocycles. The SMILES string of the molecule is Cc1ccc([C@@H](C[N+](=O)[O-])C(C)(C)C=O)cc1. The molecule has 4 heteroatoms. The molecule has 92 valence electrons. The summed E-state index contributed by atoms with van der Waals surface area (Å²) in [5, 5.41) is 10.7. The lowest BCUT2D eigenvalue weighted by atomic mass is 9.76. The number of hydrogen-bond donors (Lipinski definition) is 0. The largest absolute Gasteiger partial charge is 0.303 e. The van der Waals surface area contributed by atoms with Gasteiger partial charge in [-0.05, 0) is 12.5 Å². The zero-order valence-electron chi connectivity index (χ0n) is 10.3. The van der Waals surface area contributed by atoms with Crippen molar-refractivity contribution in [1.29, 1.82) is 0 Å². The fourth-order valence-electron chi connectivity index (χ4n) is 1.80. The Kier molecular flexibility index (Phi) is 3.99. The molecule has 1 rings (SSSR count). The molecule has 0 unspecified atom stereocenters. The summed E-state index contributed by atoms with van der Waals surface area (Å²) in [5.41, 5.74) is 1.20. The third kappa shape index (κ3) is 3.37. The number of nitro groups is 1. The Labute approximate surface area is 101 Å². The van der Waals surface area contributed by atoms with Crippen molar-refractivity contribution in [2.24, 2.45) is 5.41 Å². The first-order chi connectivity index (χ1) is 7.86. The highest BCUT2D eigenvalue weighted by Gasteiger charge is 2.34. The molecule has 1 aromatic carbocycles. The van der Waals surface area contributed by atoms with Gasteiger partial charge in [-0.25, -0.2) is 0 Å². The summed E-state index contributed by atoms with van der Waals surface area (Å²) >= 11 is 0. The summed E-state index contributed by atoms with van der Waals surface area (Å²) in [6.07, 6.45) is 0.793. The molecule has 1 atom stereocenters. The molecule has 17 heavy (non-hydrogen) atoms. The fraction of sp³-hybridized carbons (Fsp3) is 0.462. The zero-order valence-corrected chi connectivity index (χ0v) is 10.3. The number of aldehydes is 1. The first kappa shape index (κ1) is 13.4. The van der Waals surface area contributed by atoms with Gasteiger partial charge in [0, 0.05) is 10.3 Å². The van der Waals surface area contributed by atoms with Crippen molar-refractivity contribution in [1.82, 2.24) is 0 Å². The molecule has 0 aromatic heterocycles. The first-order valence-corrected chi connectivity index (χ1v) is 5.51. The van der Waals surface area contributed by atoms with Crippen LogP contribution in [0.15, 0.2) is 24.3 Å². The van der Waals surface area contributed by atoms with Gasteiger partial charge < -0.3 is 4.79 Å². The molecule has 0 fully saturated rings. The molecule has 0 spiro atoms. The maximum Gasteiger partial charge on any atom is 0.211 e. The molecule has 0 saturated carbocycles. The molecule has 0 bridgehead atoms. The maximum absolute atomic E-state index is 11.1. The van der Waals surface area contributed by atoms with E-state index >= 15 is 0 Å². The number of nitrogens with zero attached hydrogens (tertiary/aromatic N) is 1. The van der Waals surface area contributed by atoms with Crippen LogP contribution in [0.5, 0.6) is 0 Å². The Morgan fingerprint density at radius 2 is 1.88 bits per heavy atom. The van der Waals surface area contributed by atoms with Crippen molar-refractivity contribution >= 4 is 6.29 Å². The van der Waals surface area contributed by atoms with Crippen LogP contribution in [0.4, 0.5) is 0 Å². The maximum atomic E-state index is 11.1. The highest BCUT2D eigenvalue weighted by Crippen LogP contribution is 2.34. The van der Waals surface area contributed by atoms with Crippen LogP contribution in [-0.2, 0) is 4.79 Å². The van der Waals surface area contributed by atoms with Crippen molar-refractivity contribution < 1.29 is 9.72 Å². The Hall–Kier alpha value is -1.71. The number of rotatable bonds is 5. The normalized spacial score (nSPS) is 13.1. The van der Waals surface area contributed by atoms with Crippen LogP contribution in [0.2, 0.25) is 0 Å². The van der Waals surface area contributed by atoms with Gasteiger partial charge in [-0.1, -0.05) is 43.7 Å². The van der Waals surface area contributed by atoms with Gasteiger partial charge in [0.2, 0.25) is 6.54 Å². The lowest BCUT2D eigenvalue weighted by Crippen LogP contribution is -2.29. The number of carbonyl (C=O) groups excluding carboxylic acids is 1. The van der Waals surface area contributed by atoms with Crippen molar-refractivity contribution in [3.63, 3.8) is 0 Å². The van der Waals surface area contributed by atoms with Gasteiger partial charge in [0.1, 0.15) is 6.29 Å². The number of carbonyl (C=O) groups is 1. The van der Waals surface area contributed by atoms with Gasteiger partial charge in [-0.2, -0.15) is 0 Å². The van der Waals surface area contributed by atoms with Gasteiger partial charge in [-0.3, -0.25) is 10.1 Å². The third-order valence-electron chi connectivity index (χ3n) is 3.01. The second-order valence-electron chi connectivity index (χ2n) is 4.92. The van der Waals surface area contributed by atoms with E-state index < -0.39 is 11.3 Å². The van der Waals surface area contributed by atoms with Crippen molar-refractivity contribution in [2.75, 3.05) is 6.54 Å². The second-order valence-corrected chi connectivity index (χ2v) is 4.92. The van der Waals surface area contributed by atoms with Gasteiger partial charge in [0.15, 0.2) is 0 Å². The summed E-state index contributed by atoms with van der Waals surface area (Å²) in [4.78, 5) is 21.4. The molecule has 0 heterocycles. The van der Waals surface area contributed by atoms with Gasteiger partial charge >= 0.3 is 0 Å². The molecule has 0 aliphatic heterocycles. The summed E-state index contributed by atoms with van der Waals surface area (Å²) < 4.78 is 0. The highest BCUT2D eigenvalue weighted by atomic mass is 16.6. The molecule has 0 amide bonds. The van der Waals surface area contributed by atoms with E-state index in [9.17, 15) is 14.9 Å².